The Balaban J connectivity index is 0.000000640. The van der Waals surface area contributed by atoms with Crippen molar-refractivity contribution in [2.24, 2.45) is 0 Å². The Kier molecular flexibility index (Phi) is 4.20. The maximum Gasteiger partial charge on any atom is 0.0337 e. The number of hydrogen-bond donors (Lipinski definition) is 1. The molecule has 0 spiro atoms. The average molecular weight is 163 g/mol. The van der Waals surface area contributed by atoms with Gasteiger partial charge in [0.05, 0.1) is 0 Å². The summed E-state index contributed by atoms with van der Waals surface area (Å²) in [5.74, 6) is 0. The molecule has 0 amide bonds. The number of benzene rings is 1. The van der Waals surface area contributed by atoms with E-state index in [1.54, 1.807) is 0 Å². The van der Waals surface area contributed by atoms with E-state index < -0.39 is 0 Å². The molecule has 9 heavy (non-hydrogen) atoms. The van der Waals surface area contributed by atoms with Crippen LogP contribution in [0.2, 0.25) is 0 Å². The van der Waals surface area contributed by atoms with E-state index in [0.717, 1.165) is 5.69 Å². The maximum atomic E-state index is 3.03. The molecule has 50 valence electrons. The van der Waals surface area contributed by atoms with Gasteiger partial charge in [-0.3, -0.25) is 0 Å². The van der Waals surface area contributed by atoms with Crippen LogP contribution in [0, 0.1) is 0 Å². The molecule has 1 rings (SSSR count). The molecule has 0 aliphatic carbocycles. The second kappa shape index (κ2) is 4.42. The van der Waals surface area contributed by atoms with Crippen LogP contribution in [0.15, 0.2) is 30.3 Å². The van der Waals surface area contributed by atoms with Crippen molar-refractivity contribution >= 4 is 5.69 Å². The number of nitrogens with one attached hydrogen (secondary N) is 1. The summed E-state index contributed by atoms with van der Waals surface area (Å²) in [6.07, 6.45) is 0. The number of rotatable bonds is 1. The van der Waals surface area contributed by atoms with E-state index in [2.05, 4.69) is 5.32 Å². The molecule has 1 aromatic carbocycles. The Bertz CT molecular complexity index is 150. The van der Waals surface area contributed by atoms with Gasteiger partial charge in [-0.05, 0) is 12.1 Å². The molecule has 0 saturated carbocycles. The minimum atomic E-state index is 0. The molecular weight excluding hydrogens is 154 g/mol. The zero-order valence-corrected chi connectivity index (χ0v) is 6.34. The van der Waals surface area contributed by atoms with Crippen molar-refractivity contribution in [2.45, 2.75) is 0 Å². The Morgan fingerprint density at radius 2 is 1.67 bits per heavy atom. The molecule has 2 heteroatoms. The van der Waals surface area contributed by atoms with Crippen LogP contribution >= 0.6 is 0 Å². The summed E-state index contributed by atoms with van der Waals surface area (Å²) in [6.45, 7) is 0. The molecule has 0 bridgehead atoms. The van der Waals surface area contributed by atoms with Crippen molar-refractivity contribution in [1.82, 2.24) is 0 Å². The van der Waals surface area contributed by atoms with Crippen LogP contribution in [-0.4, -0.2) is 7.05 Å². The fourth-order valence-electron chi connectivity index (χ4n) is 0.605. The minimum absolute atomic E-state index is 0. The first-order valence-corrected chi connectivity index (χ1v) is 2.66. The molecule has 0 heterocycles. The molecule has 0 fully saturated rings. The van der Waals surface area contributed by atoms with Crippen LogP contribution in [0.3, 0.4) is 0 Å². The summed E-state index contributed by atoms with van der Waals surface area (Å²) in [4.78, 5) is 0. The van der Waals surface area contributed by atoms with Gasteiger partial charge in [0.25, 0.3) is 0 Å². The summed E-state index contributed by atoms with van der Waals surface area (Å²) in [5, 5.41) is 3.03. The topological polar surface area (TPSA) is 12.0 Å². The first-order chi connectivity index (χ1) is 3.93. The molecule has 0 aliphatic rings. The summed E-state index contributed by atoms with van der Waals surface area (Å²) in [6, 6.07) is 10.1. The van der Waals surface area contributed by atoms with E-state index in [1.807, 2.05) is 37.4 Å². The van der Waals surface area contributed by atoms with Crippen LogP contribution in [0.25, 0.3) is 0 Å². The van der Waals surface area contributed by atoms with Crippen molar-refractivity contribution in [3.63, 3.8) is 0 Å². The van der Waals surface area contributed by atoms with E-state index >= 15 is 0 Å². The van der Waals surface area contributed by atoms with Gasteiger partial charge in [-0.2, -0.15) is 0 Å². The van der Waals surface area contributed by atoms with E-state index in [1.165, 1.54) is 0 Å². The summed E-state index contributed by atoms with van der Waals surface area (Å²) in [7, 11) is 1.91. The van der Waals surface area contributed by atoms with Gasteiger partial charge in [0.15, 0.2) is 0 Å². The van der Waals surface area contributed by atoms with Crippen LogP contribution in [0.4, 0.5) is 5.69 Å². The van der Waals surface area contributed by atoms with Gasteiger partial charge in [-0.1, -0.05) is 18.2 Å². The minimum Gasteiger partial charge on any atom is -0.388 e. The van der Waals surface area contributed by atoms with E-state index in [-0.39, 0.29) is 17.1 Å². The second-order valence-corrected chi connectivity index (χ2v) is 1.62. The largest absolute Gasteiger partial charge is 0.388 e. The second-order valence-electron chi connectivity index (χ2n) is 1.62. The van der Waals surface area contributed by atoms with Crippen LogP contribution in [0.1, 0.15) is 0 Å². The third-order valence-electron chi connectivity index (χ3n) is 1.06. The predicted octanol–water partition coefficient (Wildman–Crippen LogP) is 1.73. The molecule has 1 aromatic rings. The SMILES string of the molecule is CNc1ccccc1.[Fe]. The zero-order valence-electron chi connectivity index (χ0n) is 5.24. The Labute approximate surface area is 65.9 Å². The van der Waals surface area contributed by atoms with E-state index in [9.17, 15) is 0 Å². The van der Waals surface area contributed by atoms with Crippen LogP contribution < -0.4 is 5.32 Å². The standard InChI is InChI=1S/C7H9N.Fe/c1-8-7-5-3-2-4-6-7;/h2-6,8H,1H3;. The quantitative estimate of drug-likeness (QED) is 0.621. The van der Waals surface area contributed by atoms with E-state index in [4.69, 9.17) is 0 Å². The van der Waals surface area contributed by atoms with Gasteiger partial charge >= 0.3 is 0 Å². The molecule has 0 unspecified atom stereocenters. The zero-order chi connectivity index (χ0) is 5.82. The molecule has 0 atom stereocenters. The smallest absolute Gasteiger partial charge is 0.0337 e. The van der Waals surface area contributed by atoms with Gasteiger partial charge in [0.1, 0.15) is 0 Å². The first-order valence-electron chi connectivity index (χ1n) is 2.66. The Morgan fingerprint density at radius 1 is 1.11 bits per heavy atom. The van der Waals surface area contributed by atoms with Crippen LogP contribution in [-0.2, 0) is 17.1 Å². The molecule has 1 N–H and O–H groups in total. The average Bonchev–Trinajstić information content (AvgIpc) is 1.90. The molecule has 0 radical (unpaired) electrons. The van der Waals surface area contributed by atoms with Gasteiger partial charge < -0.3 is 5.32 Å². The monoisotopic (exact) mass is 163 g/mol. The predicted molar refractivity (Wildman–Crippen MR) is 36.0 cm³/mol. The third-order valence-corrected chi connectivity index (χ3v) is 1.06. The van der Waals surface area contributed by atoms with Gasteiger partial charge in [-0.25, -0.2) is 0 Å². The third kappa shape index (κ3) is 2.54. The van der Waals surface area contributed by atoms with Gasteiger partial charge in [0, 0.05) is 29.8 Å². The summed E-state index contributed by atoms with van der Waals surface area (Å²) < 4.78 is 0. The number of hydrogen-bond acceptors (Lipinski definition) is 1. The van der Waals surface area contributed by atoms with Crippen molar-refractivity contribution in [3.05, 3.63) is 30.3 Å². The van der Waals surface area contributed by atoms with E-state index in [0.29, 0.717) is 0 Å². The number of anilines is 1. The molecule has 0 aromatic heterocycles. The first kappa shape index (κ1) is 8.54. The molecular formula is C7H9FeN. The molecule has 1 nitrogen and oxygen atoms in total. The number of para-hydroxylation sites is 1. The molecule has 0 aliphatic heterocycles. The Hall–Kier alpha value is -0.461. The summed E-state index contributed by atoms with van der Waals surface area (Å²) >= 11 is 0. The normalized spacial score (nSPS) is 7.67. The van der Waals surface area contributed by atoms with Crippen molar-refractivity contribution in [2.75, 3.05) is 12.4 Å². The van der Waals surface area contributed by atoms with Crippen molar-refractivity contribution < 1.29 is 17.1 Å². The fraction of sp³-hybridized carbons (Fsp3) is 0.143. The van der Waals surface area contributed by atoms with Gasteiger partial charge in [0.2, 0.25) is 0 Å². The van der Waals surface area contributed by atoms with Crippen molar-refractivity contribution in [3.8, 4) is 0 Å². The summed E-state index contributed by atoms with van der Waals surface area (Å²) in [5.41, 5.74) is 1.16. The fourth-order valence-corrected chi connectivity index (χ4v) is 0.605. The van der Waals surface area contributed by atoms with Crippen LogP contribution in [0.5, 0.6) is 0 Å². The van der Waals surface area contributed by atoms with Gasteiger partial charge in [-0.15, -0.1) is 0 Å². The van der Waals surface area contributed by atoms with Crippen molar-refractivity contribution in [1.29, 1.82) is 0 Å². The Morgan fingerprint density at radius 3 is 2.00 bits per heavy atom. The molecule has 0 saturated heterocycles. The maximum absolute atomic E-state index is 3.03.